The molecule has 0 saturated carbocycles. The molecule has 0 radical (unpaired) electrons. The molecule has 5 heteroatoms. The molecule has 0 spiro atoms. The second-order valence-corrected chi connectivity index (χ2v) is 10.8. The molecule has 9 aromatic rings. The third kappa shape index (κ3) is 3.31. The average Bonchev–Trinajstić information content (AvgIpc) is 3.71. The van der Waals surface area contributed by atoms with Crippen LogP contribution in [0.2, 0.25) is 0 Å². The van der Waals surface area contributed by atoms with Gasteiger partial charge in [0.05, 0.1) is 34.9 Å². The van der Waals surface area contributed by atoms with Crippen molar-refractivity contribution in [3.63, 3.8) is 0 Å². The number of benzene rings is 6. The van der Waals surface area contributed by atoms with Crippen LogP contribution in [0, 0.1) is 17.9 Å². The Morgan fingerprint density at radius 1 is 0.581 bits per heavy atom. The van der Waals surface area contributed by atoms with Gasteiger partial charge in [-0.15, -0.1) is 0 Å². The Hall–Kier alpha value is -6.30. The van der Waals surface area contributed by atoms with E-state index in [9.17, 15) is 5.26 Å². The Morgan fingerprint density at radius 2 is 1.21 bits per heavy atom. The number of fused-ring (bicyclic) bond motifs is 9. The molecule has 0 aliphatic carbocycles. The van der Waals surface area contributed by atoms with Gasteiger partial charge >= 0.3 is 0 Å². The Kier molecular flexibility index (Phi) is 4.68. The summed E-state index contributed by atoms with van der Waals surface area (Å²) in [6.07, 6.45) is 0. The number of nitriles is 1. The van der Waals surface area contributed by atoms with Gasteiger partial charge in [0.15, 0.2) is 5.69 Å². The van der Waals surface area contributed by atoms with Gasteiger partial charge in [0.1, 0.15) is 22.3 Å². The zero-order valence-corrected chi connectivity index (χ0v) is 22.6. The van der Waals surface area contributed by atoms with E-state index in [1.165, 1.54) is 10.8 Å². The van der Waals surface area contributed by atoms with E-state index in [0.717, 1.165) is 71.7 Å². The van der Waals surface area contributed by atoms with Gasteiger partial charge in [-0.25, -0.2) is 4.85 Å². The summed E-state index contributed by atoms with van der Waals surface area (Å²) in [6, 6.07) is 40.8. The molecule has 3 heterocycles. The third-order valence-electron chi connectivity index (χ3n) is 8.43. The largest absolute Gasteiger partial charge is 0.456 e. The maximum absolute atomic E-state index is 9.86. The van der Waals surface area contributed by atoms with E-state index in [2.05, 4.69) is 82.2 Å². The summed E-state index contributed by atoms with van der Waals surface area (Å²) in [4.78, 5) is 3.60. The molecule has 0 N–H and O–H groups in total. The van der Waals surface area contributed by atoms with Gasteiger partial charge in [-0.3, -0.25) is 0 Å². The molecule has 0 aliphatic rings. The summed E-state index contributed by atoms with van der Waals surface area (Å²) in [6.45, 7) is 7.44. The van der Waals surface area contributed by atoms with E-state index < -0.39 is 0 Å². The highest BCUT2D eigenvalue weighted by Crippen LogP contribution is 2.41. The lowest BCUT2D eigenvalue weighted by molar-refractivity contribution is 0.656. The van der Waals surface area contributed by atoms with E-state index in [1.54, 1.807) is 6.07 Å². The standard InChI is InChI=1S/C38H19N3O2/c1-40-24-12-15-36-29(18-24)31-19-30-28-17-23(11-14-35(28)42-37(30)20-38(31)43-36)25-13-10-22(21-39)16-34(25)41-32-8-4-2-6-26(32)27-7-3-5-9-33(27)41/h2-20H. The molecule has 0 saturated heterocycles. The summed E-state index contributed by atoms with van der Waals surface area (Å²) in [7, 11) is 0. The highest BCUT2D eigenvalue weighted by Gasteiger charge is 2.18. The van der Waals surface area contributed by atoms with Crippen LogP contribution in [-0.2, 0) is 0 Å². The van der Waals surface area contributed by atoms with Crippen LogP contribution < -0.4 is 0 Å². The Balaban J connectivity index is 1.32. The van der Waals surface area contributed by atoms with Crippen LogP contribution in [0.3, 0.4) is 0 Å². The first-order valence-corrected chi connectivity index (χ1v) is 13.9. The predicted molar refractivity (Wildman–Crippen MR) is 172 cm³/mol. The molecule has 5 nitrogen and oxygen atoms in total. The first-order chi connectivity index (χ1) is 21.2. The molecule has 0 bridgehead atoms. The van der Waals surface area contributed by atoms with Crippen molar-refractivity contribution in [2.45, 2.75) is 0 Å². The second kappa shape index (κ2) is 8.60. The summed E-state index contributed by atoms with van der Waals surface area (Å²) < 4.78 is 14.7. The number of hydrogen-bond donors (Lipinski definition) is 0. The maximum atomic E-state index is 9.86. The highest BCUT2D eigenvalue weighted by molar-refractivity contribution is 6.16. The molecule has 43 heavy (non-hydrogen) atoms. The minimum Gasteiger partial charge on any atom is -0.456 e. The number of nitrogens with zero attached hydrogens (tertiary/aromatic N) is 3. The number of para-hydroxylation sites is 2. The Morgan fingerprint density at radius 3 is 1.88 bits per heavy atom. The predicted octanol–water partition coefficient (Wildman–Crippen LogP) is 10.7. The topological polar surface area (TPSA) is 59.4 Å². The van der Waals surface area contributed by atoms with Gasteiger partial charge in [0, 0.05) is 43.9 Å². The van der Waals surface area contributed by atoms with Gasteiger partial charge in [0.25, 0.3) is 0 Å². The van der Waals surface area contributed by atoms with Crippen molar-refractivity contribution in [3.8, 4) is 22.9 Å². The quantitative estimate of drug-likeness (QED) is 0.202. The van der Waals surface area contributed by atoms with Gasteiger partial charge in [-0.1, -0.05) is 54.6 Å². The van der Waals surface area contributed by atoms with Crippen molar-refractivity contribution >= 4 is 71.4 Å². The van der Waals surface area contributed by atoms with Gasteiger partial charge < -0.3 is 13.4 Å². The first-order valence-electron chi connectivity index (χ1n) is 13.9. The lowest BCUT2D eigenvalue weighted by atomic mass is 9.99. The molecule has 9 rings (SSSR count). The molecule has 0 unspecified atom stereocenters. The molecule has 0 atom stereocenters. The van der Waals surface area contributed by atoms with Crippen molar-refractivity contribution in [1.82, 2.24) is 4.57 Å². The zero-order chi connectivity index (χ0) is 28.7. The third-order valence-corrected chi connectivity index (χ3v) is 8.43. The molecule has 0 amide bonds. The van der Waals surface area contributed by atoms with Crippen LogP contribution in [0.1, 0.15) is 5.56 Å². The zero-order valence-electron chi connectivity index (χ0n) is 22.6. The van der Waals surface area contributed by atoms with Crippen LogP contribution in [0.5, 0.6) is 0 Å². The smallest absolute Gasteiger partial charge is 0.188 e. The van der Waals surface area contributed by atoms with Crippen LogP contribution in [0.4, 0.5) is 5.69 Å². The van der Waals surface area contributed by atoms with Crippen molar-refractivity contribution in [2.24, 2.45) is 0 Å². The van der Waals surface area contributed by atoms with E-state index in [-0.39, 0.29) is 0 Å². The first kappa shape index (κ1) is 23.4. The lowest BCUT2D eigenvalue weighted by Gasteiger charge is -2.15. The van der Waals surface area contributed by atoms with Crippen LogP contribution in [-0.4, -0.2) is 4.57 Å². The molecular weight excluding hydrogens is 530 g/mol. The van der Waals surface area contributed by atoms with Gasteiger partial charge in [-0.05, 0) is 60.2 Å². The molecular formula is C38H19N3O2. The minimum atomic E-state index is 0.577. The fourth-order valence-electron chi connectivity index (χ4n) is 6.48. The van der Waals surface area contributed by atoms with Crippen molar-refractivity contribution < 1.29 is 8.83 Å². The summed E-state index contributed by atoms with van der Waals surface area (Å²) in [5.41, 5.74) is 9.32. The summed E-state index contributed by atoms with van der Waals surface area (Å²) in [5, 5.41) is 16.0. The van der Waals surface area contributed by atoms with Gasteiger partial charge in [-0.2, -0.15) is 5.26 Å². The Labute approximate surface area is 244 Å². The average molecular weight is 550 g/mol. The van der Waals surface area contributed by atoms with E-state index in [0.29, 0.717) is 11.3 Å². The normalized spacial score (nSPS) is 11.7. The summed E-state index contributed by atoms with van der Waals surface area (Å²) >= 11 is 0. The number of aromatic nitrogens is 1. The SMILES string of the molecule is [C-]#[N+]c1ccc2oc3cc4oc5ccc(-c6ccc(C#N)cc6-n6c7ccccc7c7ccccc76)cc5c4cc3c2c1. The number of furan rings is 2. The van der Waals surface area contributed by atoms with Crippen LogP contribution >= 0.6 is 0 Å². The summed E-state index contributed by atoms with van der Waals surface area (Å²) in [5.74, 6) is 0. The number of rotatable bonds is 2. The van der Waals surface area contributed by atoms with Crippen LogP contribution in [0.15, 0.2) is 124 Å². The van der Waals surface area contributed by atoms with E-state index in [4.69, 9.17) is 15.4 Å². The fourth-order valence-corrected chi connectivity index (χ4v) is 6.48. The fraction of sp³-hybridized carbons (Fsp3) is 0. The van der Waals surface area contributed by atoms with Crippen molar-refractivity contribution in [1.29, 1.82) is 5.26 Å². The van der Waals surface area contributed by atoms with E-state index in [1.807, 2.05) is 42.5 Å². The molecule has 198 valence electrons. The monoisotopic (exact) mass is 549 g/mol. The Bertz CT molecular complexity index is 2650. The lowest BCUT2D eigenvalue weighted by Crippen LogP contribution is -1.98. The second-order valence-electron chi connectivity index (χ2n) is 10.8. The molecule has 0 aliphatic heterocycles. The van der Waals surface area contributed by atoms with Crippen molar-refractivity contribution in [3.05, 3.63) is 132 Å². The van der Waals surface area contributed by atoms with Crippen LogP contribution in [0.25, 0.3) is 87.3 Å². The molecule has 3 aromatic heterocycles. The number of hydrogen-bond acceptors (Lipinski definition) is 3. The maximum Gasteiger partial charge on any atom is 0.188 e. The van der Waals surface area contributed by atoms with Gasteiger partial charge in [0.2, 0.25) is 0 Å². The highest BCUT2D eigenvalue weighted by atomic mass is 16.3. The van der Waals surface area contributed by atoms with E-state index >= 15 is 0 Å². The molecule has 0 fully saturated rings. The minimum absolute atomic E-state index is 0.577. The van der Waals surface area contributed by atoms with Crippen molar-refractivity contribution in [2.75, 3.05) is 0 Å². The molecule has 6 aromatic carbocycles.